The van der Waals surface area contributed by atoms with Gasteiger partial charge in [-0.2, -0.15) is 5.26 Å². The van der Waals surface area contributed by atoms with Gasteiger partial charge in [0.15, 0.2) is 0 Å². The van der Waals surface area contributed by atoms with Crippen LogP contribution in [0.2, 0.25) is 5.02 Å². The molecule has 1 N–H and O–H groups in total. The number of rotatable bonds is 6. The highest BCUT2D eigenvalue weighted by molar-refractivity contribution is 14.1. The molecular weight excluding hydrogens is 547 g/mol. The highest BCUT2D eigenvalue weighted by Gasteiger charge is 2.11. The van der Waals surface area contributed by atoms with Gasteiger partial charge in [0.1, 0.15) is 24.0 Å². The monoisotopic (exact) mass is 564 g/mol. The van der Waals surface area contributed by atoms with Crippen molar-refractivity contribution < 1.29 is 9.53 Å². The zero-order valence-electron chi connectivity index (χ0n) is 17.4. The average molecular weight is 565 g/mol. The zero-order chi connectivity index (χ0) is 23.2. The van der Waals surface area contributed by atoms with Crippen molar-refractivity contribution in [1.82, 2.24) is 0 Å². The first-order valence-electron chi connectivity index (χ1n) is 10.1. The summed E-state index contributed by atoms with van der Waals surface area (Å²) in [5.74, 6) is 0.244. The summed E-state index contributed by atoms with van der Waals surface area (Å²) < 4.78 is 6.95. The zero-order valence-corrected chi connectivity index (χ0v) is 20.3. The van der Waals surface area contributed by atoms with Gasteiger partial charge in [0.25, 0.3) is 5.91 Å². The van der Waals surface area contributed by atoms with Crippen LogP contribution in [0.4, 0.5) is 5.69 Å². The van der Waals surface area contributed by atoms with Gasteiger partial charge in [0.2, 0.25) is 0 Å². The lowest BCUT2D eigenvalue weighted by atomic mass is 10.1. The van der Waals surface area contributed by atoms with Crippen molar-refractivity contribution in [3.05, 3.63) is 110 Å². The minimum atomic E-state index is -0.494. The van der Waals surface area contributed by atoms with Crippen LogP contribution in [-0.4, -0.2) is 5.91 Å². The van der Waals surface area contributed by atoms with Crippen LogP contribution in [0.1, 0.15) is 11.1 Å². The fourth-order valence-corrected chi connectivity index (χ4v) is 4.26. The number of halogens is 2. The number of nitrogens with zero attached hydrogens (tertiary/aromatic N) is 1. The van der Waals surface area contributed by atoms with E-state index in [1.165, 1.54) is 10.8 Å². The largest absolute Gasteiger partial charge is 0.488 e. The number of amides is 1. The molecule has 6 heteroatoms. The van der Waals surface area contributed by atoms with Gasteiger partial charge in [-0.1, -0.05) is 66.2 Å². The van der Waals surface area contributed by atoms with Gasteiger partial charge >= 0.3 is 0 Å². The number of ether oxygens (including phenoxy) is 1. The molecule has 0 aliphatic heterocycles. The Kier molecular flexibility index (Phi) is 7.28. The molecule has 0 radical (unpaired) electrons. The van der Waals surface area contributed by atoms with Gasteiger partial charge in [0.05, 0.1) is 3.57 Å². The molecule has 0 aromatic heterocycles. The minimum Gasteiger partial charge on any atom is -0.488 e. The molecule has 0 saturated heterocycles. The van der Waals surface area contributed by atoms with E-state index in [4.69, 9.17) is 16.3 Å². The van der Waals surface area contributed by atoms with Crippen molar-refractivity contribution in [2.75, 3.05) is 5.32 Å². The Labute approximate surface area is 210 Å². The summed E-state index contributed by atoms with van der Waals surface area (Å²) in [7, 11) is 0. The number of nitriles is 1. The van der Waals surface area contributed by atoms with E-state index in [2.05, 4.69) is 52.2 Å². The lowest BCUT2D eigenvalue weighted by molar-refractivity contribution is -0.112. The van der Waals surface area contributed by atoms with Crippen molar-refractivity contribution in [3.8, 4) is 11.8 Å². The molecule has 0 fully saturated rings. The first kappa shape index (κ1) is 22.8. The highest BCUT2D eigenvalue weighted by atomic mass is 127. The summed E-state index contributed by atoms with van der Waals surface area (Å²) in [6.07, 6.45) is 1.55. The van der Waals surface area contributed by atoms with Crippen LogP contribution in [-0.2, 0) is 11.4 Å². The number of benzene rings is 4. The van der Waals surface area contributed by atoms with Crippen LogP contribution in [0.5, 0.6) is 5.75 Å². The van der Waals surface area contributed by atoms with E-state index in [-0.39, 0.29) is 5.57 Å². The molecule has 0 atom stereocenters. The maximum absolute atomic E-state index is 12.5. The Hall–Kier alpha value is -3.34. The van der Waals surface area contributed by atoms with E-state index in [0.29, 0.717) is 17.3 Å². The van der Waals surface area contributed by atoms with E-state index in [1.54, 1.807) is 30.3 Å². The van der Waals surface area contributed by atoms with Gasteiger partial charge in [0, 0.05) is 10.7 Å². The molecule has 0 heterocycles. The Morgan fingerprint density at radius 2 is 1.82 bits per heavy atom. The number of carbonyl (C=O) groups excluding carboxylic acids is 1. The molecule has 0 unspecified atom stereocenters. The standard InChI is InChI=1S/C27H18ClIN2O2/c28-22-8-4-9-23(15-22)31-27(32)21(16-30)13-18-11-12-26(25(29)14-18)33-17-20-7-3-6-19-5-1-2-10-24(19)20/h1-15H,17H2,(H,31,32)/b21-13+. The number of fused-ring (bicyclic) bond motifs is 1. The van der Waals surface area contributed by atoms with E-state index in [9.17, 15) is 10.1 Å². The van der Waals surface area contributed by atoms with E-state index in [0.717, 1.165) is 20.4 Å². The third-order valence-corrected chi connectivity index (χ3v) is 6.06. The van der Waals surface area contributed by atoms with E-state index >= 15 is 0 Å². The smallest absolute Gasteiger partial charge is 0.266 e. The lowest BCUT2D eigenvalue weighted by Crippen LogP contribution is -2.13. The van der Waals surface area contributed by atoms with Crippen molar-refractivity contribution >= 4 is 62.6 Å². The molecule has 0 aliphatic rings. The third-order valence-electron chi connectivity index (χ3n) is 4.98. The van der Waals surface area contributed by atoms with Crippen LogP contribution in [0.25, 0.3) is 16.8 Å². The van der Waals surface area contributed by atoms with Gasteiger partial charge in [-0.15, -0.1) is 0 Å². The summed E-state index contributed by atoms with van der Waals surface area (Å²) in [4.78, 5) is 12.5. The molecule has 0 bridgehead atoms. The van der Waals surface area contributed by atoms with Crippen molar-refractivity contribution in [3.63, 3.8) is 0 Å². The maximum atomic E-state index is 12.5. The second-order valence-electron chi connectivity index (χ2n) is 7.25. The molecule has 4 rings (SSSR count). The average Bonchev–Trinajstić information content (AvgIpc) is 2.82. The number of carbonyl (C=O) groups is 1. The SMILES string of the molecule is N#C/C(=C\c1ccc(OCc2cccc3ccccc23)c(I)c1)C(=O)Nc1cccc(Cl)c1. The molecule has 0 aliphatic carbocycles. The second kappa shape index (κ2) is 10.5. The van der Waals surface area contributed by atoms with Crippen molar-refractivity contribution in [2.24, 2.45) is 0 Å². The van der Waals surface area contributed by atoms with Crippen LogP contribution in [0.15, 0.2) is 90.5 Å². The Bertz CT molecular complexity index is 1400. The quantitative estimate of drug-likeness (QED) is 0.153. The van der Waals surface area contributed by atoms with Gasteiger partial charge in [-0.25, -0.2) is 0 Å². The van der Waals surface area contributed by atoms with Gasteiger partial charge < -0.3 is 10.1 Å². The summed E-state index contributed by atoms with van der Waals surface area (Å²) in [6, 6.07) is 28.7. The van der Waals surface area contributed by atoms with Gasteiger partial charge in [-0.3, -0.25) is 4.79 Å². The molecule has 4 aromatic rings. The first-order chi connectivity index (χ1) is 16.0. The number of hydrogen-bond acceptors (Lipinski definition) is 3. The van der Waals surface area contributed by atoms with Crippen LogP contribution in [0, 0.1) is 14.9 Å². The normalized spacial score (nSPS) is 11.1. The molecule has 33 heavy (non-hydrogen) atoms. The van der Waals surface area contributed by atoms with Crippen molar-refractivity contribution in [2.45, 2.75) is 6.61 Å². The Balaban J connectivity index is 1.48. The van der Waals surface area contributed by atoms with E-state index < -0.39 is 5.91 Å². The summed E-state index contributed by atoms with van der Waals surface area (Å²) in [5, 5.41) is 15.0. The number of nitrogens with one attached hydrogen (secondary N) is 1. The molecule has 0 saturated carbocycles. The number of hydrogen-bond donors (Lipinski definition) is 1. The number of anilines is 1. The van der Waals surface area contributed by atoms with Crippen molar-refractivity contribution in [1.29, 1.82) is 5.26 Å². The van der Waals surface area contributed by atoms with Crippen LogP contribution < -0.4 is 10.1 Å². The van der Waals surface area contributed by atoms with Crippen LogP contribution in [0.3, 0.4) is 0 Å². The molecule has 4 nitrogen and oxygen atoms in total. The minimum absolute atomic E-state index is 0.00445. The summed E-state index contributed by atoms with van der Waals surface area (Å²) >= 11 is 8.15. The predicted molar refractivity (Wildman–Crippen MR) is 141 cm³/mol. The fraction of sp³-hybridized carbons (Fsp3) is 0.0370. The molecular formula is C27H18ClIN2O2. The fourth-order valence-electron chi connectivity index (χ4n) is 3.38. The predicted octanol–water partition coefficient (Wildman–Crippen LogP) is 7.22. The Morgan fingerprint density at radius 3 is 2.61 bits per heavy atom. The highest BCUT2D eigenvalue weighted by Crippen LogP contribution is 2.26. The summed E-state index contributed by atoms with van der Waals surface area (Å²) in [5.41, 5.74) is 2.36. The molecule has 1 amide bonds. The second-order valence-corrected chi connectivity index (χ2v) is 8.85. The topological polar surface area (TPSA) is 62.1 Å². The first-order valence-corrected chi connectivity index (χ1v) is 11.6. The Morgan fingerprint density at radius 1 is 1.03 bits per heavy atom. The van der Waals surface area contributed by atoms with Crippen LogP contribution >= 0.6 is 34.2 Å². The maximum Gasteiger partial charge on any atom is 0.266 e. The molecule has 162 valence electrons. The summed E-state index contributed by atoms with van der Waals surface area (Å²) in [6.45, 7) is 0.442. The van der Waals surface area contributed by atoms with E-state index in [1.807, 2.05) is 42.5 Å². The molecule has 4 aromatic carbocycles. The lowest BCUT2D eigenvalue weighted by Gasteiger charge is -2.11. The van der Waals surface area contributed by atoms with Gasteiger partial charge in [-0.05, 0) is 80.9 Å². The molecule has 0 spiro atoms. The third kappa shape index (κ3) is 5.72.